The number of hydrogen-bond donors (Lipinski definition) is 2. The van der Waals surface area contributed by atoms with Crippen molar-refractivity contribution in [2.75, 3.05) is 4.90 Å². The summed E-state index contributed by atoms with van der Waals surface area (Å²) < 4.78 is 1.27. The Balaban J connectivity index is 1.99. The Morgan fingerprint density at radius 1 is 0.971 bits per heavy atom. The van der Waals surface area contributed by atoms with Crippen LogP contribution in [0.3, 0.4) is 0 Å². The van der Waals surface area contributed by atoms with Crippen molar-refractivity contribution in [2.45, 2.75) is 86.2 Å². The second-order valence-electron chi connectivity index (χ2n) is 9.46. The first kappa shape index (κ1) is 25.8. The lowest BCUT2D eigenvalue weighted by Gasteiger charge is -2.49. The molecule has 1 unspecified atom stereocenters. The van der Waals surface area contributed by atoms with Crippen LogP contribution in [0.5, 0.6) is 11.8 Å². The van der Waals surface area contributed by atoms with E-state index in [1.165, 1.54) is 53.0 Å². The minimum Gasteiger partial charge on any atom is -0.494 e. The topological polar surface area (TPSA) is 65.7 Å². The Morgan fingerprint density at radius 2 is 1.57 bits per heavy atom. The summed E-state index contributed by atoms with van der Waals surface area (Å²) in [7, 11) is 0. The van der Waals surface area contributed by atoms with Gasteiger partial charge in [0.1, 0.15) is 6.54 Å². The van der Waals surface area contributed by atoms with Gasteiger partial charge in [-0.15, -0.1) is 0 Å². The van der Waals surface area contributed by atoms with Gasteiger partial charge in [-0.2, -0.15) is 0 Å². The Labute approximate surface area is 217 Å². The summed E-state index contributed by atoms with van der Waals surface area (Å²) in [6.07, 6.45) is 3.53. The molecule has 1 aromatic carbocycles. The van der Waals surface area contributed by atoms with Crippen molar-refractivity contribution in [3.63, 3.8) is 0 Å². The summed E-state index contributed by atoms with van der Waals surface area (Å²) in [5, 5.41) is 20.5. The van der Waals surface area contributed by atoms with E-state index in [9.17, 15) is 15.0 Å². The number of thioether (sulfide) groups is 2. The van der Waals surface area contributed by atoms with Gasteiger partial charge < -0.3 is 10.2 Å². The molecular weight excluding hydrogens is 476 g/mol. The van der Waals surface area contributed by atoms with Gasteiger partial charge in [-0.3, -0.25) is 14.3 Å². The van der Waals surface area contributed by atoms with E-state index in [1.807, 2.05) is 28.4 Å². The molecule has 35 heavy (non-hydrogen) atoms. The molecule has 2 aromatic rings. The average Bonchev–Trinajstić information content (AvgIpc) is 3.16. The molecule has 1 aromatic heterocycles. The summed E-state index contributed by atoms with van der Waals surface area (Å²) in [4.78, 5) is 21.4. The maximum absolute atomic E-state index is 14.1. The SMILES string of the molecule is CCC1=C(CC)SC2=C(S1)c1cc(C)c(C)c(CC)c1N(C(=O)Cn1c(O)ccc1O)C2(C)CC. The van der Waals surface area contributed by atoms with Crippen molar-refractivity contribution < 1.29 is 15.0 Å². The zero-order chi connectivity index (χ0) is 25.7. The largest absolute Gasteiger partial charge is 0.494 e. The summed E-state index contributed by atoms with van der Waals surface area (Å²) in [6.45, 7) is 15.0. The summed E-state index contributed by atoms with van der Waals surface area (Å²) >= 11 is 3.72. The molecule has 5 nitrogen and oxygen atoms in total. The minimum atomic E-state index is -0.541. The van der Waals surface area contributed by atoms with E-state index in [4.69, 9.17) is 0 Å². The number of anilines is 1. The van der Waals surface area contributed by atoms with Crippen LogP contribution < -0.4 is 4.90 Å². The van der Waals surface area contributed by atoms with Crippen molar-refractivity contribution in [1.29, 1.82) is 0 Å². The van der Waals surface area contributed by atoms with Gasteiger partial charge in [0, 0.05) is 27.5 Å². The van der Waals surface area contributed by atoms with Crippen LogP contribution in [0.4, 0.5) is 5.69 Å². The van der Waals surface area contributed by atoms with Gasteiger partial charge in [-0.1, -0.05) is 51.2 Å². The monoisotopic (exact) mass is 512 g/mol. The Morgan fingerprint density at radius 3 is 2.11 bits per heavy atom. The Hall–Kier alpha value is -2.25. The molecule has 0 fully saturated rings. The van der Waals surface area contributed by atoms with Crippen molar-refractivity contribution in [3.8, 4) is 11.8 Å². The van der Waals surface area contributed by atoms with E-state index >= 15 is 0 Å². The fraction of sp³-hybridized carbons (Fsp3) is 0.464. The zero-order valence-corrected chi connectivity index (χ0v) is 23.4. The predicted octanol–water partition coefficient (Wildman–Crippen LogP) is 7.47. The van der Waals surface area contributed by atoms with Crippen LogP contribution in [0.25, 0.3) is 4.91 Å². The molecule has 0 radical (unpaired) electrons. The first-order valence-corrected chi connectivity index (χ1v) is 14.1. The highest BCUT2D eigenvalue weighted by Crippen LogP contribution is 2.61. The molecule has 2 aliphatic rings. The molecular formula is C28H36N2O3S2. The number of nitrogens with zero attached hydrogens (tertiary/aromatic N) is 2. The standard InChI is InChI=1S/C28H36N2O3S2/c1-8-18-17(6)16(5)14-19-25(18)30(24(33)15-29-22(31)12-13-23(29)32)28(7,11-4)27-26(19)34-20(9-2)21(10-3)35-27/h12-14,31-32H,8-11,15H2,1-7H3. The van der Waals surface area contributed by atoms with Crippen molar-refractivity contribution in [3.05, 3.63) is 55.2 Å². The molecule has 3 heterocycles. The van der Waals surface area contributed by atoms with Gasteiger partial charge in [-0.05, 0) is 79.0 Å². The average molecular weight is 513 g/mol. The molecule has 188 valence electrons. The van der Waals surface area contributed by atoms with Crippen LogP contribution in [0, 0.1) is 13.8 Å². The van der Waals surface area contributed by atoms with Crippen molar-refractivity contribution >= 4 is 40.0 Å². The number of carbonyl (C=O) groups excluding carboxylic acids is 1. The lowest BCUT2D eigenvalue weighted by atomic mass is 9.84. The van der Waals surface area contributed by atoms with Gasteiger partial charge in [0.15, 0.2) is 11.8 Å². The number of hydrogen-bond acceptors (Lipinski definition) is 5. The maximum atomic E-state index is 14.1. The number of aryl methyl sites for hydroxylation is 1. The quantitative estimate of drug-likeness (QED) is 0.420. The second-order valence-corrected chi connectivity index (χ2v) is 11.7. The molecule has 7 heteroatoms. The Kier molecular flexibility index (Phi) is 7.13. The molecule has 2 aliphatic heterocycles. The third-order valence-corrected chi connectivity index (χ3v) is 10.8. The van der Waals surface area contributed by atoms with E-state index < -0.39 is 5.54 Å². The third kappa shape index (κ3) is 4.01. The van der Waals surface area contributed by atoms with E-state index in [1.54, 1.807) is 0 Å². The number of carbonyl (C=O) groups is 1. The van der Waals surface area contributed by atoms with Crippen LogP contribution in [0.2, 0.25) is 0 Å². The highest BCUT2D eigenvalue weighted by Gasteiger charge is 2.48. The van der Waals surface area contributed by atoms with Gasteiger partial charge >= 0.3 is 0 Å². The lowest BCUT2D eigenvalue weighted by molar-refractivity contribution is -0.120. The number of aromatic nitrogens is 1. The Bertz CT molecular complexity index is 1240. The fourth-order valence-corrected chi connectivity index (χ4v) is 8.27. The molecule has 0 saturated heterocycles. The number of fused-ring (bicyclic) bond motifs is 2. The van der Waals surface area contributed by atoms with Crippen LogP contribution in [0.1, 0.15) is 76.1 Å². The normalized spacial score (nSPS) is 19.8. The van der Waals surface area contributed by atoms with Crippen LogP contribution in [-0.4, -0.2) is 26.2 Å². The van der Waals surface area contributed by atoms with Crippen LogP contribution in [0.15, 0.2) is 32.9 Å². The highest BCUT2D eigenvalue weighted by molar-refractivity contribution is 8.17. The first-order chi connectivity index (χ1) is 16.6. The molecule has 0 saturated carbocycles. The maximum Gasteiger partial charge on any atom is 0.248 e. The number of benzene rings is 1. The molecule has 2 N–H and O–H groups in total. The molecule has 0 aliphatic carbocycles. The smallest absolute Gasteiger partial charge is 0.248 e. The van der Waals surface area contributed by atoms with Gasteiger partial charge in [0.05, 0.1) is 11.2 Å². The first-order valence-electron chi connectivity index (χ1n) is 12.5. The zero-order valence-electron chi connectivity index (χ0n) is 21.8. The second kappa shape index (κ2) is 9.66. The molecule has 4 rings (SSSR count). The van der Waals surface area contributed by atoms with Crippen molar-refractivity contribution in [2.24, 2.45) is 0 Å². The predicted molar refractivity (Wildman–Crippen MR) is 149 cm³/mol. The lowest BCUT2D eigenvalue weighted by Crippen LogP contribution is -2.54. The highest BCUT2D eigenvalue weighted by atomic mass is 32.2. The number of amides is 1. The van der Waals surface area contributed by atoms with Crippen molar-refractivity contribution in [1.82, 2.24) is 4.57 Å². The fourth-order valence-electron chi connectivity index (χ4n) is 5.24. The molecule has 1 amide bonds. The van der Waals surface area contributed by atoms with Crippen LogP contribution >= 0.6 is 23.5 Å². The van der Waals surface area contributed by atoms with Gasteiger partial charge in [0.25, 0.3) is 0 Å². The number of aromatic hydroxyl groups is 2. The van der Waals surface area contributed by atoms with E-state index in [-0.39, 0.29) is 24.2 Å². The van der Waals surface area contributed by atoms with E-state index in [2.05, 4.69) is 54.5 Å². The van der Waals surface area contributed by atoms with Crippen LogP contribution in [-0.2, 0) is 17.8 Å². The number of allylic oxidation sites excluding steroid dienone is 2. The number of rotatable bonds is 6. The van der Waals surface area contributed by atoms with Gasteiger partial charge in [-0.25, -0.2) is 0 Å². The summed E-state index contributed by atoms with van der Waals surface area (Å²) in [5.74, 6) is -0.377. The van der Waals surface area contributed by atoms with Gasteiger partial charge in [0.2, 0.25) is 5.91 Å². The molecule has 0 spiro atoms. The third-order valence-electron chi connectivity index (χ3n) is 7.53. The van der Waals surface area contributed by atoms with E-state index in [0.29, 0.717) is 0 Å². The minimum absolute atomic E-state index is 0.117. The van der Waals surface area contributed by atoms with E-state index in [0.717, 1.165) is 36.9 Å². The molecule has 1 atom stereocenters. The summed E-state index contributed by atoms with van der Waals surface area (Å²) in [6, 6.07) is 5.07. The molecule has 0 bridgehead atoms. The summed E-state index contributed by atoms with van der Waals surface area (Å²) in [5.41, 5.74) is 5.20.